The highest BCUT2D eigenvalue weighted by molar-refractivity contribution is 5.78. The van der Waals surface area contributed by atoms with Gasteiger partial charge in [0.05, 0.1) is 0 Å². The number of carboxylic acids is 1. The number of hydrogen-bond donors (Lipinski definition) is 2. The second-order valence-electron chi connectivity index (χ2n) is 4.87. The minimum Gasteiger partial charge on any atom is -0.479 e. The second-order valence-corrected chi connectivity index (χ2v) is 4.87. The molecular weight excluding hydrogens is 204 g/mol. The normalized spacial score (nSPS) is 22.6. The maximum atomic E-state index is 10.9. The van der Waals surface area contributed by atoms with Crippen LogP contribution in [0.3, 0.4) is 0 Å². The topological polar surface area (TPSA) is 57.5 Å². The van der Waals surface area contributed by atoms with E-state index in [1.807, 2.05) is 12.1 Å². The van der Waals surface area contributed by atoms with Crippen molar-refractivity contribution in [2.45, 2.75) is 32.3 Å². The molecule has 0 bridgehead atoms. The van der Waals surface area contributed by atoms with E-state index in [1.165, 1.54) is 18.1 Å². The van der Waals surface area contributed by atoms with E-state index >= 15 is 0 Å². The van der Waals surface area contributed by atoms with Crippen molar-refractivity contribution in [3.05, 3.63) is 34.9 Å². The van der Waals surface area contributed by atoms with Gasteiger partial charge in [-0.3, -0.25) is 0 Å². The zero-order valence-corrected chi connectivity index (χ0v) is 9.53. The fourth-order valence-electron chi connectivity index (χ4n) is 2.26. The summed E-state index contributed by atoms with van der Waals surface area (Å²) in [6.45, 7) is 3.49. The van der Waals surface area contributed by atoms with Crippen LogP contribution in [0.5, 0.6) is 0 Å². The van der Waals surface area contributed by atoms with E-state index in [-0.39, 0.29) is 0 Å². The van der Waals surface area contributed by atoms with Crippen LogP contribution < -0.4 is 0 Å². The van der Waals surface area contributed by atoms with Crippen LogP contribution in [0, 0.1) is 5.92 Å². The summed E-state index contributed by atoms with van der Waals surface area (Å²) in [7, 11) is 0. The molecule has 1 aromatic rings. The van der Waals surface area contributed by atoms with E-state index in [9.17, 15) is 9.90 Å². The molecule has 0 unspecified atom stereocenters. The van der Waals surface area contributed by atoms with Gasteiger partial charge in [0.2, 0.25) is 0 Å². The van der Waals surface area contributed by atoms with Crippen LogP contribution in [0.1, 0.15) is 30.5 Å². The Morgan fingerprint density at radius 3 is 2.62 bits per heavy atom. The molecule has 86 valence electrons. The Bertz CT molecular complexity index is 435. The van der Waals surface area contributed by atoms with Crippen molar-refractivity contribution in [2.75, 3.05) is 0 Å². The SMILES string of the molecule is C[C@@H]1Cc2ccc([C@@](C)(O)C(=O)O)cc2C1. The lowest BCUT2D eigenvalue weighted by atomic mass is 9.93. The molecule has 2 N–H and O–H groups in total. The van der Waals surface area contributed by atoms with Crippen LogP contribution >= 0.6 is 0 Å². The number of aliphatic carboxylic acids is 1. The highest BCUT2D eigenvalue weighted by atomic mass is 16.4. The molecule has 0 aliphatic heterocycles. The van der Waals surface area contributed by atoms with Crippen molar-refractivity contribution in [3.8, 4) is 0 Å². The highest BCUT2D eigenvalue weighted by Crippen LogP contribution is 2.30. The van der Waals surface area contributed by atoms with Gasteiger partial charge in [-0.05, 0) is 42.4 Å². The Balaban J connectivity index is 2.40. The molecule has 2 atom stereocenters. The lowest BCUT2D eigenvalue weighted by Gasteiger charge is -2.19. The molecule has 0 aromatic heterocycles. The predicted molar refractivity (Wildman–Crippen MR) is 60.2 cm³/mol. The number of hydrogen-bond acceptors (Lipinski definition) is 2. The molecule has 0 radical (unpaired) electrons. The summed E-state index contributed by atoms with van der Waals surface area (Å²) in [6.07, 6.45) is 2.02. The number of carboxylic acid groups (broad SMARTS) is 1. The summed E-state index contributed by atoms with van der Waals surface area (Å²) in [6, 6.07) is 5.48. The molecular formula is C13H16O3. The summed E-state index contributed by atoms with van der Waals surface area (Å²) in [5.74, 6) is -0.599. The number of benzene rings is 1. The first-order valence-corrected chi connectivity index (χ1v) is 5.49. The first kappa shape index (κ1) is 11.1. The summed E-state index contributed by atoms with van der Waals surface area (Å²) in [5, 5.41) is 18.8. The average Bonchev–Trinajstić information content (AvgIpc) is 2.56. The molecule has 1 aliphatic rings. The van der Waals surface area contributed by atoms with Gasteiger partial charge in [0, 0.05) is 0 Å². The Hall–Kier alpha value is -1.35. The fraction of sp³-hybridized carbons (Fsp3) is 0.462. The molecule has 16 heavy (non-hydrogen) atoms. The van der Waals surface area contributed by atoms with Crippen LogP contribution in [-0.2, 0) is 23.2 Å². The van der Waals surface area contributed by atoms with Crippen molar-refractivity contribution in [2.24, 2.45) is 5.92 Å². The molecule has 0 saturated heterocycles. The van der Waals surface area contributed by atoms with Crippen molar-refractivity contribution in [1.82, 2.24) is 0 Å². The van der Waals surface area contributed by atoms with E-state index < -0.39 is 11.6 Å². The van der Waals surface area contributed by atoms with Crippen LogP contribution in [-0.4, -0.2) is 16.2 Å². The maximum absolute atomic E-state index is 10.9. The summed E-state index contributed by atoms with van der Waals surface area (Å²) >= 11 is 0. The predicted octanol–water partition coefficient (Wildman–Crippen LogP) is 1.71. The Morgan fingerprint density at radius 2 is 2.00 bits per heavy atom. The van der Waals surface area contributed by atoms with Gasteiger partial charge in [-0.15, -0.1) is 0 Å². The van der Waals surface area contributed by atoms with Gasteiger partial charge in [0.15, 0.2) is 5.60 Å². The summed E-state index contributed by atoms with van der Waals surface area (Å²) in [4.78, 5) is 10.9. The van der Waals surface area contributed by atoms with Gasteiger partial charge in [-0.2, -0.15) is 0 Å². The van der Waals surface area contributed by atoms with Gasteiger partial charge in [-0.25, -0.2) is 4.79 Å². The summed E-state index contributed by atoms with van der Waals surface area (Å²) < 4.78 is 0. The van der Waals surface area contributed by atoms with Crippen LogP contribution in [0.25, 0.3) is 0 Å². The Kier molecular flexibility index (Phi) is 2.50. The minimum absolute atomic E-state index is 0.466. The van der Waals surface area contributed by atoms with Gasteiger partial charge >= 0.3 is 5.97 Å². The molecule has 0 fully saturated rings. The van der Waals surface area contributed by atoms with Gasteiger partial charge < -0.3 is 10.2 Å². The lowest BCUT2D eigenvalue weighted by molar-refractivity contribution is -0.157. The molecule has 1 aliphatic carbocycles. The molecule has 1 aromatic carbocycles. The quantitative estimate of drug-likeness (QED) is 0.797. The van der Waals surface area contributed by atoms with Crippen molar-refractivity contribution < 1.29 is 15.0 Å². The van der Waals surface area contributed by atoms with Gasteiger partial charge in [-0.1, -0.05) is 25.1 Å². The first-order chi connectivity index (χ1) is 7.41. The molecule has 0 saturated carbocycles. The zero-order valence-electron chi connectivity index (χ0n) is 9.53. The van der Waals surface area contributed by atoms with E-state index in [0.717, 1.165) is 12.8 Å². The standard InChI is InChI=1S/C13H16O3/c1-8-5-9-3-4-11(7-10(9)6-8)13(2,16)12(14)15/h3-4,7-8,16H,5-6H2,1-2H3,(H,14,15)/t8-,13-/m1/s1. The lowest BCUT2D eigenvalue weighted by Crippen LogP contribution is -2.31. The van der Waals surface area contributed by atoms with Gasteiger partial charge in [0.1, 0.15) is 0 Å². The number of aliphatic hydroxyl groups is 1. The highest BCUT2D eigenvalue weighted by Gasteiger charge is 2.33. The number of fused-ring (bicyclic) bond motifs is 1. The molecule has 3 heteroatoms. The zero-order chi connectivity index (χ0) is 11.9. The number of rotatable bonds is 2. The third-order valence-electron chi connectivity index (χ3n) is 3.32. The second kappa shape index (κ2) is 3.59. The van der Waals surface area contributed by atoms with Crippen LogP contribution in [0.4, 0.5) is 0 Å². The Labute approximate surface area is 94.7 Å². The molecule has 3 nitrogen and oxygen atoms in total. The maximum Gasteiger partial charge on any atom is 0.340 e. The molecule has 0 spiro atoms. The fourth-order valence-corrected chi connectivity index (χ4v) is 2.26. The third-order valence-corrected chi connectivity index (χ3v) is 3.32. The van der Waals surface area contributed by atoms with Crippen LogP contribution in [0.2, 0.25) is 0 Å². The smallest absolute Gasteiger partial charge is 0.340 e. The van der Waals surface area contributed by atoms with Crippen LogP contribution in [0.15, 0.2) is 18.2 Å². The number of carbonyl (C=O) groups is 1. The van der Waals surface area contributed by atoms with Crippen molar-refractivity contribution >= 4 is 5.97 Å². The van der Waals surface area contributed by atoms with Crippen molar-refractivity contribution in [3.63, 3.8) is 0 Å². The average molecular weight is 220 g/mol. The first-order valence-electron chi connectivity index (χ1n) is 5.49. The largest absolute Gasteiger partial charge is 0.479 e. The minimum atomic E-state index is -1.79. The molecule has 2 rings (SSSR count). The molecule has 0 amide bonds. The summed E-state index contributed by atoms with van der Waals surface area (Å²) in [5.41, 5.74) is 1.12. The third kappa shape index (κ3) is 1.71. The molecule has 0 heterocycles. The monoisotopic (exact) mass is 220 g/mol. The van der Waals surface area contributed by atoms with Gasteiger partial charge in [0.25, 0.3) is 0 Å². The van der Waals surface area contributed by atoms with E-state index in [1.54, 1.807) is 6.07 Å². The van der Waals surface area contributed by atoms with Crippen molar-refractivity contribution in [1.29, 1.82) is 0 Å². The van der Waals surface area contributed by atoms with E-state index in [4.69, 9.17) is 5.11 Å². The van der Waals surface area contributed by atoms with E-state index in [2.05, 4.69) is 6.92 Å². The Morgan fingerprint density at radius 1 is 1.38 bits per heavy atom. The van der Waals surface area contributed by atoms with E-state index in [0.29, 0.717) is 11.5 Å².